The number of nitrogens with zero attached hydrogens (tertiary/aromatic N) is 2. The van der Waals surface area contributed by atoms with Gasteiger partial charge in [0.1, 0.15) is 5.75 Å². The zero-order valence-corrected chi connectivity index (χ0v) is 15.7. The molecule has 0 bridgehead atoms. The second kappa shape index (κ2) is 7.43. The molecule has 2 heterocycles. The molecule has 1 fully saturated rings. The van der Waals surface area contributed by atoms with Gasteiger partial charge in [-0.3, -0.25) is 4.79 Å². The molecular weight excluding hydrogens is 334 g/mol. The Morgan fingerprint density at radius 3 is 2.62 bits per heavy atom. The van der Waals surface area contributed by atoms with Crippen molar-refractivity contribution >= 4 is 17.7 Å². The van der Waals surface area contributed by atoms with Crippen molar-refractivity contribution in [3.05, 3.63) is 23.3 Å². The molecule has 7 nitrogen and oxygen atoms in total. The van der Waals surface area contributed by atoms with Gasteiger partial charge in [0, 0.05) is 31.2 Å². The summed E-state index contributed by atoms with van der Waals surface area (Å²) in [5.74, 6) is 0.642. The maximum atomic E-state index is 12.8. The lowest BCUT2D eigenvalue weighted by molar-refractivity contribution is 0.0558. The highest BCUT2D eigenvalue weighted by molar-refractivity contribution is 6.00. The number of ether oxygens (including phenoxy) is 2. The van der Waals surface area contributed by atoms with Crippen LogP contribution in [0.3, 0.4) is 0 Å². The first-order valence-corrected chi connectivity index (χ1v) is 9.22. The van der Waals surface area contributed by atoms with E-state index in [9.17, 15) is 9.59 Å². The van der Waals surface area contributed by atoms with Crippen molar-refractivity contribution in [1.29, 1.82) is 0 Å². The van der Waals surface area contributed by atoms with Gasteiger partial charge >= 0.3 is 6.09 Å². The molecule has 0 aromatic heterocycles. The van der Waals surface area contributed by atoms with Gasteiger partial charge in [-0.1, -0.05) is 0 Å². The fourth-order valence-corrected chi connectivity index (χ4v) is 3.60. The summed E-state index contributed by atoms with van der Waals surface area (Å²) in [7, 11) is 0. The Morgan fingerprint density at radius 1 is 1.31 bits per heavy atom. The van der Waals surface area contributed by atoms with E-state index < -0.39 is 0 Å². The largest absolute Gasteiger partial charge is 0.489 e. The Kier molecular flexibility index (Phi) is 5.25. The predicted molar refractivity (Wildman–Crippen MR) is 98.1 cm³/mol. The summed E-state index contributed by atoms with van der Waals surface area (Å²) >= 11 is 0. The first-order chi connectivity index (χ1) is 12.4. The number of nitrogens with two attached hydrogens (primary N) is 1. The number of anilines is 1. The molecule has 2 amide bonds. The maximum Gasteiger partial charge on any atom is 0.409 e. The molecule has 0 atom stereocenters. The molecule has 3 rings (SSSR count). The molecular formula is C19H27N3O4. The van der Waals surface area contributed by atoms with Crippen LogP contribution in [0.2, 0.25) is 0 Å². The third-order valence-corrected chi connectivity index (χ3v) is 4.86. The fourth-order valence-electron chi connectivity index (χ4n) is 3.60. The Bertz CT molecular complexity index is 696. The average molecular weight is 361 g/mol. The monoisotopic (exact) mass is 361 g/mol. The van der Waals surface area contributed by atoms with Crippen molar-refractivity contribution in [3.63, 3.8) is 0 Å². The van der Waals surface area contributed by atoms with E-state index in [0.29, 0.717) is 43.2 Å². The van der Waals surface area contributed by atoms with Crippen LogP contribution < -0.4 is 10.5 Å². The number of carbonyl (C=O) groups is 2. The van der Waals surface area contributed by atoms with Gasteiger partial charge in [0.25, 0.3) is 5.91 Å². The van der Waals surface area contributed by atoms with Crippen LogP contribution in [0.1, 0.15) is 49.5 Å². The number of amides is 2. The standard InChI is InChI=1S/C19H27N3O4/c1-4-25-19(24)21-7-5-14(6-8-21)22-11-13-9-17(26-12(2)3)16(20)10-15(13)18(22)23/h9-10,12,14H,4-8,11,20H2,1-3H3. The zero-order valence-electron chi connectivity index (χ0n) is 15.7. The van der Waals surface area contributed by atoms with Crippen LogP contribution in [-0.4, -0.2) is 53.6 Å². The number of hydrogen-bond donors (Lipinski definition) is 1. The van der Waals surface area contributed by atoms with Gasteiger partial charge in [0.05, 0.1) is 18.4 Å². The molecule has 26 heavy (non-hydrogen) atoms. The lowest BCUT2D eigenvalue weighted by Crippen LogP contribution is -2.47. The zero-order chi connectivity index (χ0) is 18.8. The molecule has 1 aromatic carbocycles. The van der Waals surface area contributed by atoms with Crippen LogP contribution in [0.15, 0.2) is 12.1 Å². The normalized spacial score (nSPS) is 17.6. The molecule has 0 spiro atoms. The quantitative estimate of drug-likeness (QED) is 0.833. The SMILES string of the molecule is CCOC(=O)N1CCC(N2Cc3cc(OC(C)C)c(N)cc3C2=O)CC1. The summed E-state index contributed by atoms with van der Waals surface area (Å²) in [4.78, 5) is 28.3. The van der Waals surface area contributed by atoms with E-state index in [1.165, 1.54) is 0 Å². The Hall–Kier alpha value is -2.44. The Labute approximate surface area is 154 Å². The molecule has 7 heteroatoms. The Morgan fingerprint density at radius 2 is 2.00 bits per heavy atom. The van der Waals surface area contributed by atoms with Gasteiger partial charge in [0.15, 0.2) is 0 Å². The third kappa shape index (κ3) is 3.57. The van der Waals surface area contributed by atoms with Crippen LogP contribution in [-0.2, 0) is 11.3 Å². The van der Waals surface area contributed by atoms with E-state index >= 15 is 0 Å². The van der Waals surface area contributed by atoms with Gasteiger partial charge in [-0.25, -0.2) is 4.79 Å². The molecule has 1 saturated heterocycles. The second-order valence-corrected chi connectivity index (χ2v) is 7.06. The number of fused-ring (bicyclic) bond motifs is 1. The van der Waals surface area contributed by atoms with Crippen molar-refractivity contribution in [3.8, 4) is 5.75 Å². The van der Waals surface area contributed by atoms with Crippen LogP contribution in [0, 0.1) is 0 Å². The lowest BCUT2D eigenvalue weighted by Gasteiger charge is -2.36. The van der Waals surface area contributed by atoms with Crippen LogP contribution in [0.4, 0.5) is 10.5 Å². The number of hydrogen-bond acceptors (Lipinski definition) is 5. The highest BCUT2D eigenvalue weighted by atomic mass is 16.6. The minimum Gasteiger partial charge on any atom is -0.489 e. The van der Waals surface area contributed by atoms with Crippen LogP contribution >= 0.6 is 0 Å². The maximum absolute atomic E-state index is 12.8. The number of likely N-dealkylation sites (tertiary alicyclic amines) is 1. The van der Waals surface area contributed by atoms with Gasteiger partial charge in [-0.15, -0.1) is 0 Å². The van der Waals surface area contributed by atoms with Crippen molar-refractivity contribution < 1.29 is 19.1 Å². The topological polar surface area (TPSA) is 85.1 Å². The van der Waals surface area contributed by atoms with E-state index in [4.69, 9.17) is 15.2 Å². The number of piperidine rings is 1. The van der Waals surface area contributed by atoms with E-state index in [1.807, 2.05) is 24.8 Å². The molecule has 2 N–H and O–H groups in total. The van der Waals surface area contributed by atoms with Gasteiger partial charge in [-0.2, -0.15) is 0 Å². The van der Waals surface area contributed by atoms with Crippen LogP contribution in [0.5, 0.6) is 5.75 Å². The van der Waals surface area contributed by atoms with Crippen molar-refractivity contribution in [2.45, 2.75) is 52.3 Å². The van der Waals surface area contributed by atoms with Gasteiger partial charge in [-0.05, 0) is 51.3 Å². The molecule has 0 saturated carbocycles. The van der Waals surface area contributed by atoms with Crippen molar-refractivity contribution in [2.75, 3.05) is 25.4 Å². The predicted octanol–water partition coefficient (Wildman–Crippen LogP) is 2.63. The first kappa shape index (κ1) is 18.4. The number of nitrogen functional groups attached to an aromatic ring is 1. The number of benzene rings is 1. The summed E-state index contributed by atoms with van der Waals surface area (Å²) in [5, 5.41) is 0. The number of carbonyl (C=O) groups excluding carboxylic acids is 2. The van der Waals surface area contributed by atoms with Gasteiger partial charge in [0.2, 0.25) is 0 Å². The van der Waals surface area contributed by atoms with Crippen molar-refractivity contribution in [2.24, 2.45) is 0 Å². The molecule has 0 aliphatic carbocycles. The van der Waals surface area contributed by atoms with Crippen molar-refractivity contribution in [1.82, 2.24) is 9.80 Å². The average Bonchev–Trinajstić information content (AvgIpc) is 2.91. The van der Waals surface area contributed by atoms with E-state index in [-0.39, 0.29) is 24.1 Å². The highest BCUT2D eigenvalue weighted by Gasteiger charge is 2.36. The molecule has 2 aliphatic heterocycles. The molecule has 0 unspecified atom stereocenters. The molecule has 1 aromatic rings. The van der Waals surface area contributed by atoms with E-state index in [2.05, 4.69) is 0 Å². The minimum absolute atomic E-state index is 0.0115. The molecule has 142 valence electrons. The summed E-state index contributed by atoms with van der Waals surface area (Å²) < 4.78 is 10.8. The highest BCUT2D eigenvalue weighted by Crippen LogP contribution is 2.34. The summed E-state index contributed by atoms with van der Waals surface area (Å²) in [5.41, 5.74) is 8.16. The molecule has 2 aliphatic rings. The van der Waals surface area contributed by atoms with Gasteiger partial charge < -0.3 is 25.0 Å². The summed E-state index contributed by atoms with van der Waals surface area (Å²) in [6, 6.07) is 3.73. The van der Waals surface area contributed by atoms with Crippen LogP contribution in [0.25, 0.3) is 0 Å². The molecule has 0 radical (unpaired) electrons. The first-order valence-electron chi connectivity index (χ1n) is 9.22. The fraction of sp³-hybridized carbons (Fsp3) is 0.579. The Balaban J connectivity index is 1.68. The third-order valence-electron chi connectivity index (χ3n) is 4.86. The second-order valence-electron chi connectivity index (χ2n) is 7.06. The summed E-state index contributed by atoms with van der Waals surface area (Å²) in [6.45, 7) is 7.84. The van der Waals surface area contributed by atoms with E-state index in [1.54, 1.807) is 17.9 Å². The number of rotatable bonds is 4. The summed E-state index contributed by atoms with van der Waals surface area (Å²) in [6.07, 6.45) is 1.26. The lowest BCUT2D eigenvalue weighted by atomic mass is 10.0. The van der Waals surface area contributed by atoms with E-state index in [0.717, 1.165) is 18.4 Å². The minimum atomic E-state index is -0.273. The smallest absolute Gasteiger partial charge is 0.409 e.